The van der Waals surface area contributed by atoms with Crippen LogP contribution in [0.25, 0.3) is 0 Å². The third-order valence-electron chi connectivity index (χ3n) is 2.47. The summed E-state index contributed by atoms with van der Waals surface area (Å²) in [6.45, 7) is 5.84. The van der Waals surface area contributed by atoms with Gasteiger partial charge in [0, 0.05) is 6.61 Å². The molecule has 1 aliphatic rings. The summed E-state index contributed by atoms with van der Waals surface area (Å²) in [7, 11) is 0. The molecule has 1 unspecified atom stereocenters. The summed E-state index contributed by atoms with van der Waals surface area (Å²) < 4.78 is 10.5. The van der Waals surface area contributed by atoms with Crippen LogP contribution in [-0.4, -0.2) is 37.9 Å². The summed E-state index contributed by atoms with van der Waals surface area (Å²) in [5.41, 5.74) is 0. The van der Waals surface area contributed by atoms with Gasteiger partial charge >= 0.3 is 5.97 Å². The Morgan fingerprint density at radius 1 is 1.53 bits per heavy atom. The smallest absolute Gasteiger partial charge is 0.323 e. The number of rotatable bonds is 5. The second-order valence-electron chi connectivity index (χ2n) is 3.91. The number of carbonyl (C=O) groups excluding carboxylic acids is 1. The van der Waals surface area contributed by atoms with Gasteiger partial charge in [0.15, 0.2) is 0 Å². The lowest BCUT2D eigenvalue weighted by Crippen LogP contribution is -2.42. The molecule has 4 heteroatoms. The van der Waals surface area contributed by atoms with E-state index < -0.39 is 0 Å². The van der Waals surface area contributed by atoms with Crippen LogP contribution in [0.4, 0.5) is 0 Å². The van der Waals surface area contributed by atoms with Crippen LogP contribution in [0.3, 0.4) is 0 Å². The molecule has 1 fully saturated rings. The van der Waals surface area contributed by atoms with Crippen LogP contribution in [0.1, 0.15) is 33.1 Å². The standard InChI is InChI=1S/C11H21NO3/c1-3-14-8-9(2)15-11(13)10-6-4-5-7-12-10/h9-10,12H,3-8H2,1-2H3/t9?,10-/m1/s1. The first kappa shape index (κ1) is 12.5. The van der Waals surface area contributed by atoms with Gasteiger partial charge in [-0.3, -0.25) is 4.79 Å². The van der Waals surface area contributed by atoms with E-state index in [1.165, 1.54) is 0 Å². The third kappa shape index (κ3) is 4.62. The van der Waals surface area contributed by atoms with Crippen LogP contribution in [0.2, 0.25) is 0 Å². The van der Waals surface area contributed by atoms with Crippen LogP contribution < -0.4 is 5.32 Å². The molecule has 4 nitrogen and oxygen atoms in total. The molecule has 1 N–H and O–H groups in total. The minimum absolute atomic E-state index is 0.108. The highest BCUT2D eigenvalue weighted by molar-refractivity contribution is 5.76. The van der Waals surface area contributed by atoms with E-state index >= 15 is 0 Å². The lowest BCUT2D eigenvalue weighted by molar-refractivity contribution is -0.154. The minimum Gasteiger partial charge on any atom is -0.459 e. The first-order valence-electron chi connectivity index (χ1n) is 5.75. The van der Waals surface area contributed by atoms with Gasteiger partial charge in [0.2, 0.25) is 0 Å². The number of hydrogen-bond donors (Lipinski definition) is 1. The van der Waals surface area contributed by atoms with Crippen molar-refractivity contribution in [3.63, 3.8) is 0 Å². The molecule has 0 aliphatic carbocycles. The number of nitrogens with one attached hydrogen (secondary N) is 1. The summed E-state index contributed by atoms with van der Waals surface area (Å²) in [6.07, 6.45) is 2.99. The monoisotopic (exact) mass is 215 g/mol. The maximum Gasteiger partial charge on any atom is 0.323 e. The Morgan fingerprint density at radius 2 is 2.33 bits per heavy atom. The molecule has 1 aliphatic heterocycles. The molecule has 0 radical (unpaired) electrons. The average Bonchev–Trinajstić information content (AvgIpc) is 2.27. The Labute approximate surface area is 91.3 Å². The number of carbonyl (C=O) groups is 1. The first-order valence-corrected chi connectivity index (χ1v) is 5.75. The molecule has 15 heavy (non-hydrogen) atoms. The Bertz CT molecular complexity index is 190. The van der Waals surface area contributed by atoms with E-state index in [1.807, 2.05) is 13.8 Å². The largest absolute Gasteiger partial charge is 0.459 e. The fourth-order valence-electron chi connectivity index (χ4n) is 1.65. The van der Waals surface area contributed by atoms with Gasteiger partial charge in [-0.2, -0.15) is 0 Å². The van der Waals surface area contributed by atoms with Gasteiger partial charge < -0.3 is 14.8 Å². The molecular formula is C11H21NO3. The zero-order valence-corrected chi connectivity index (χ0v) is 9.62. The second kappa shape index (κ2) is 6.80. The average molecular weight is 215 g/mol. The number of esters is 1. The zero-order valence-electron chi connectivity index (χ0n) is 9.62. The first-order chi connectivity index (χ1) is 7.24. The molecule has 1 rings (SSSR count). The van der Waals surface area contributed by atoms with Gasteiger partial charge in [0.05, 0.1) is 6.61 Å². The van der Waals surface area contributed by atoms with Gasteiger partial charge in [-0.25, -0.2) is 0 Å². The zero-order chi connectivity index (χ0) is 11.1. The van der Waals surface area contributed by atoms with E-state index in [0.29, 0.717) is 13.2 Å². The lowest BCUT2D eigenvalue weighted by atomic mass is 10.1. The van der Waals surface area contributed by atoms with Crippen molar-refractivity contribution >= 4 is 5.97 Å². The van der Waals surface area contributed by atoms with Crippen molar-refractivity contribution in [2.24, 2.45) is 0 Å². The summed E-state index contributed by atoms with van der Waals surface area (Å²) >= 11 is 0. The normalized spacial score (nSPS) is 23.5. The molecule has 0 aromatic heterocycles. The van der Waals surface area contributed by atoms with Gasteiger partial charge in [-0.15, -0.1) is 0 Å². The third-order valence-corrected chi connectivity index (χ3v) is 2.47. The Hall–Kier alpha value is -0.610. The quantitative estimate of drug-likeness (QED) is 0.698. The number of ether oxygens (including phenoxy) is 2. The highest BCUT2D eigenvalue weighted by Gasteiger charge is 2.23. The summed E-state index contributed by atoms with van der Waals surface area (Å²) in [4.78, 5) is 11.6. The van der Waals surface area contributed by atoms with Crippen molar-refractivity contribution in [3.8, 4) is 0 Å². The van der Waals surface area contributed by atoms with E-state index in [2.05, 4.69) is 5.32 Å². The molecule has 0 bridgehead atoms. The van der Waals surface area contributed by atoms with Crippen molar-refractivity contribution in [2.75, 3.05) is 19.8 Å². The van der Waals surface area contributed by atoms with E-state index in [1.54, 1.807) is 0 Å². The molecule has 0 saturated carbocycles. The van der Waals surface area contributed by atoms with Crippen LogP contribution in [-0.2, 0) is 14.3 Å². The van der Waals surface area contributed by atoms with Crippen molar-refractivity contribution in [3.05, 3.63) is 0 Å². The molecular weight excluding hydrogens is 194 g/mol. The van der Waals surface area contributed by atoms with Gasteiger partial charge in [-0.05, 0) is 33.2 Å². The molecule has 0 amide bonds. The van der Waals surface area contributed by atoms with Crippen molar-refractivity contribution in [2.45, 2.75) is 45.3 Å². The Balaban J connectivity index is 2.21. The lowest BCUT2D eigenvalue weighted by Gasteiger charge is -2.23. The molecule has 1 saturated heterocycles. The maximum atomic E-state index is 11.6. The van der Waals surface area contributed by atoms with Crippen molar-refractivity contribution in [1.82, 2.24) is 5.32 Å². The molecule has 1 heterocycles. The fraction of sp³-hybridized carbons (Fsp3) is 0.909. The Kier molecular flexibility index (Phi) is 5.65. The predicted octanol–water partition coefficient (Wildman–Crippen LogP) is 1.10. The van der Waals surface area contributed by atoms with Crippen LogP contribution in [0.15, 0.2) is 0 Å². The van der Waals surface area contributed by atoms with Crippen LogP contribution in [0, 0.1) is 0 Å². The highest BCUT2D eigenvalue weighted by Crippen LogP contribution is 2.09. The van der Waals surface area contributed by atoms with Crippen LogP contribution in [0.5, 0.6) is 0 Å². The van der Waals surface area contributed by atoms with E-state index in [4.69, 9.17) is 9.47 Å². The van der Waals surface area contributed by atoms with E-state index in [-0.39, 0.29) is 18.1 Å². The van der Waals surface area contributed by atoms with Gasteiger partial charge in [0.25, 0.3) is 0 Å². The topological polar surface area (TPSA) is 47.6 Å². The Morgan fingerprint density at radius 3 is 2.93 bits per heavy atom. The van der Waals surface area contributed by atoms with Crippen molar-refractivity contribution < 1.29 is 14.3 Å². The maximum absolute atomic E-state index is 11.6. The van der Waals surface area contributed by atoms with E-state index in [9.17, 15) is 4.79 Å². The highest BCUT2D eigenvalue weighted by atomic mass is 16.6. The molecule has 88 valence electrons. The molecule has 0 aromatic rings. The fourth-order valence-corrected chi connectivity index (χ4v) is 1.65. The minimum atomic E-state index is -0.152. The van der Waals surface area contributed by atoms with Gasteiger partial charge in [-0.1, -0.05) is 6.42 Å². The van der Waals surface area contributed by atoms with Gasteiger partial charge in [0.1, 0.15) is 12.1 Å². The summed E-state index contributed by atoms with van der Waals surface area (Å²) in [6, 6.07) is -0.108. The second-order valence-corrected chi connectivity index (χ2v) is 3.91. The number of hydrogen-bond acceptors (Lipinski definition) is 4. The molecule has 0 aromatic carbocycles. The van der Waals surface area contributed by atoms with Crippen molar-refractivity contribution in [1.29, 1.82) is 0 Å². The summed E-state index contributed by atoms with van der Waals surface area (Å²) in [5.74, 6) is -0.137. The molecule has 2 atom stereocenters. The number of piperidine rings is 1. The predicted molar refractivity (Wildman–Crippen MR) is 57.7 cm³/mol. The van der Waals surface area contributed by atoms with E-state index in [0.717, 1.165) is 25.8 Å². The molecule has 0 spiro atoms. The SMILES string of the molecule is CCOCC(C)OC(=O)[C@H]1CCCCN1. The summed E-state index contributed by atoms with van der Waals surface area (Å²) in [5, 5.41) is 3.16. The van der Waals surface area contributed by atoms with Crippen LogP contribution >= 0.6 is 0 Å².